The van der Waals surface area contributed by atoms with Crippen molar-refractivity contribution in [1.29, 1.82) is 0 Å². The van der Waals surface area contributed by atoms with Crippen molar-refractivity contribution in [3.05, 3.63) is 100 Å². The summed E-state index contributed by atoms with van der Waals surface area (Å²) in [4.78, 5) is 27.6. The van der Waals surface area contributed by atoms with Crippen LogP contribution < -0.4 is 16.1 Å². The van der Waals surface area contributed by atoms with Gasteiger partial charge in [0.25, 0.3) is 0 Å². The SMILES string of the molecule is O=C(O)c1cc(NC(=S)NCCc2c[nH]c3ccc(O)cc23)ccc1-c1c2ccc(=O)cc-2oc2cc(O)ccc12. The number of hydrogen-bond donors (Lipinski definition) is 6. The molecule has 2 aliphatic rings. The minimum Gasteiger partial charge on any atom is -0.508 e. The molecule has 0 fully saturated rings. The van der Waals surface area contributed by atoms with Crippen LogP contribution in [-0.2, 0) is 6.42 Å². The fraction of sp³-hybridized carbons (Fsp3) is 0.0645. The first-order valence-corrected chi connectivity index (χ1v) is 13.1. The number of carboxylic acids is 1. The molecular formula is C31H23N3O6S. The average Bonchev–Trinajstić information content (AvgIpc) is 3.33. The number of fused-ring (bicyclic) bond motifs is 3. The lowest BCUT2D eigenvalue weighted by atomic mass is 9.90. The van der Waals surface area contributed by atoms with Crippen molar-refractivity contribution in [3.63, 3.8) is 0 Å². The Hall–Kier alpha value is -5.35. The van der Waals surface area contributed by atoms with Gasteiger partial charge in [-0.05, 0) is 84.4 Å². The van der Waals surface area contributed by atoms with Crippen LogP contribution in [0.2, 0.25) is 0 Å². The minimum atomic E-state index is -1.15. The number of rotatable bonds is 6. The zero-order valence-electron chi connectivity index (χ0n) is 21.4. The number of aromatic amines is 1. The Balaban J connectivity index is 1.28. The van der Waals surface area contributed by atoms with Crippen molar-refractivity contribution in [1.82, 2.24) is 10.3 Å². The van der Waals surface area contributed by atoms with Gasteiger partial charge in [0, 0.05) is 58.0 Å². The predicted octanol–water partition coefficient (Wildman–Crippen LogP) is 5.68. The zero-order valence-corrected chi connectivity index (χ0v) is 22.2. The number of phenolic OH excluding ortho intramolecular Hbond substituents is 2. The van der Waals surface area contributed by atoms with E-state index in [2.05, 4.69) is 15.6 Å². The molecule has 0 bridgehead atoms. The minimum absolute atomic E-state index is 0.0180. The number of aromatic hydroxyl groups is 2. The van der Waals surface area contributed by atoms with E-state index in [0.29, 0.717) is 51.4 Å². The van der Waals surface area contributed by atoms with Crippen molar-refractivity contribution in [2.45, 2.75) is 6.42 Å². The summed E-state index contributed by atoms with van der Waals surface area (Å²) in [6.45, 7) is 0.512. The molecule has 41 heavy (non-hydrogen) atoms. The number of nitrogens with one attached hydrogen (secondary N) is 3. The Morgan fingerprint density at radius 1 is 0.902 bits per heavy atom. The Bertz CT molecular complexity index is 2010. The van der Waals surface area contributed by atoms with E-state index in [1.165, 1.54) is 30.3 Å². The van der Waals surface area contributed by atoms with Gasteiger partial charge in [0.05, 0.1) is 5.56 Å². The molecule has 0 atom stereocenters. The van der Waals surface area contributed by atoms with Gasteiger partial charge in [-0.2, -0.15) is 0 Å². The number of aromatic nitrogens is 1. The molecule has 0 unspecified atom stereocenters. The summed E-state index contributed by atoms with van der Waals surface area (Å²) >= 11 is 5.45. The number of hydrogen-bond acceptors (Lipinski definition) is 6. The third kappa shape index (κ3) is 5.04. The van der Waals surface area contributed by atoms with Gasteiger partial charge >= 0.3 is 5.97 Å². The summed E-state index contributed by atoms with van der Waals surface area (Å²) in [5.74, 6) is -0.696. The second-order valence-electron chi connectivity index (χ2n) is 9.56. The molecule has 204 valence electrons. The van der Waals surface area contributed by atoms with E-state index in [4.69, 9.17) is 16.6 Å². The smallest absolute Gasteiger partial charge is 0.336 e. The highest BCUT2D eigenvalue weighted by Crippen LogP contribution is 2.42. The third-order valence-electron chi connectivity index (χ3n) is 6.88. The van der Waals surface area contributed by atoms with E-state index >= 15 is 0 Å². The first kappa shape index (κ1) is 25.9. The maximum absolute atomic E-state index is 12.4. The van der Waals surface area contributed by atoms with E-state index in [-0.39, 0.29) is 28.3 Å². The molecule has 0 radical (unpaired) electrons. The highest BCUT2D eigenvalue weighted by atomic mass is 32.1. The Kier molecular flexibility index (Phi) is 6.52. The van der Waals surface area contributed by atoms with E-state index in [1.807, 2.05) is 12.3 Å². The van der Waals surface area contributed by atoms with Crippen LogP contribution in [0.15, 0.2) is 88.2 Å². The first-order chi connectivity index (χ1) is 19.8. The molecule has 0 saturated carbocycles. The topological polar surface area (TPSA) is 148 Å². The maximum Gasteiger partial charge on any atom is 0.336 e. The summed E-state index contributed by atoms with van der Waals surface area (Å²) in [6, 6.07) is 19.0. The van der Waals surface area contributed by atoms with Crippen LogP contribution in [0.4, 0.5) is 5.69 Å². The van der Waals surface area contributed by atoms with Crippen LogP contribution in [0.3, 0.4) is 0 Å². The fourth-order valence-corrected chi connectivity index (χ4v) is 5.25. The number of benzene rings is 4. The monoisotopic (exact) mass is 565 g/mol. The Morgan fingerprint density at radius 3 is 2.51 bits per heavy atom. The predicted molar refractivity (Wildman–Crippen MR) is 161 cm³/mol. The number of aromatic carboxylic acids is 1. The highest BCUT2D eigenvalue weighted by Gasteiger charge is 2.22. The lowest BCUT2D eigenvalue weighted by Crippen LogP contribution is -2.30. The third-order valence-corrected chi connectivity index (χ3v) is 7.13. The lowest BCUT2D eigenvalue weighted by Gasteiger charge is -2.18. The van der Waals surface area contributed by atoms with Gasteiger partial charge in [0.1, 0.15) is 22.8 Å². The molecule has 6 rings (SSSR count). The van der Waals surface area contributed by atoms with Crippen molar-refractivity contribution in [2.75, 3.05) is 11.9 Å². The van der Waals surface area contributed by atoms with Crippen LogP contribution in [-0.4, -0.2) is 37.9 Å². The number of H-pyrrole nitrogens is 1. The lowest BCUT2D eigenvalue weighted by molar-refractivity contribution is 0.0697. The van der Waals surface area contributed by atoms with E-state index in [1.54, 1.807) is 36.4 Å². The number of carbonyl (C=O) groups is 1. The quantitative estimate of drug-likeness (QED) is 0.111. The molecule has 0 spiro atoms. The largest absolute Gasteiger partial charge is 0.508 e. The fourth-order valence-electron chi connectivity index (χ4n) is 5.03. The highest BCUT2D eigenvalue weighted by molar-refractivity contribution is 7.80. The second kappa shape index (κ2) is 10.3. The molecule has 0 amide bonds. The van der Waals surface area contributed by atoms with Crippen molar-refractivity contribution < 1.29 is 24.5 Å². The van der Waals surface area contributed by atoms with Gasteiger partial charge in [-0.3, -0.25) is 4.79 Å². The van der Waals surface area contributed by atoms with Gasteiger partial charge in [-0.1, -0.05) is 6.07 Å². The first-order valence-electron chi connectivity index (χ1n) is 12.7. The molecule has 1 aliphatic carbocycles. The molecule has 9 nitrogen and oxygen atoms in total. The summed E-state index contributed by atoms with van der Waals surface area (Å²) in [6.07, 6.45) is 2.54. The molecule has 3 aromatic carbocycles. The Morgan fingerprint density at radius 2 is 1.68 bits per heavy atom. The van der Waals surface area contributed by atoms with Gasteiger partial charge < -0.3 is 35.4 Å². The molecule has 1 aromatic heterocycles. The summed E-state index contributed by atoms with van der Waals surface area (Å²) in [5, 5.41) is 38.0. The normalized spacial score (nSPS) is 11.2. The standard InChI is InChI=1S/C31H23N3O6S/c35-18-4-8-26-24(12-18)16(15-33-26)9-10-32-31(41)34-17-1-5-21(25(11-17)30(38)39)29-22-6-2-19(36)13-27(22)40-28-14-20(37)3-7-23(28)29/h1-8,11-15,33,35-36H,9-10H2,(H,38,39)(H2,32,34,41). The van der Waals surface area contributed by atoms with Gasteiger partial charge in [0.2, 0.25) is 0 Å². The van der Waals surface area contributed by atoms with Crippen molar-refractivity contribution >= 4 is 50.9 Å². The van der Waals surface area contributed by atoms with E-state index < -0.39 is 5.97 Å². The zero-order chi connectivity index (χ0) is 28.7. The van der Waals surface area contributed by atoms with Gasteiger partial charge in [-0.25, -0.2) is 4.79 Å². The van der Waals surface area contributed by atoms with Gasteiger partial charge in [0.15, 0.2) is 10.5 Å². The molecular weight excluding hydrogens is 542 g/mol. The summed E-state index contributed by atoms with van der Waals surface area (Å²) in [7, 11) is 0. The van der Waals surface area contributed by atoms with Crippen LogP contribution >= 0.6 is 12.2 Å². The maximum atomic E-state index is 12.4. The number of thiocarbonyl (C=S) groups is 1. The molecule has 10 heteroatoms. The Labute approximate surface area is 238 Å². The van der Waals surface area contributed by atoms with Crippen LogP contribution in [0.1, 0.15) is 15.9 Å². The van der Waals surface area contributed by atoms with Crippen molar-refractivity contribution in [3.8, 4) is 33.9 Å². The van der Waals surface area contributed by atoms with E-state index in [9.17, 15) is 24.9 Å². The average molecular weight is 566 g/mol. The van der Waals surface area contributed by atoms with Crippen LogP contribution in [0, 0.1) is 0 Å². The van der Waals surface area contributed by atoms with E-state index in [0.717, 1.165) is 16.5 Å². The van der Waals surface area contributed by atoms with Crippen LogP contribution in [0.25, 0.3) is 44.3 Å². The molecule has 6 N–H and O–H groups in total. The molecule has 4 aromatic rings. The summed E-state index contributed by atoms with van der Waals surface area (Å²) in [5.41, 5.74) is 4.05. The number of phenols is 2. The van der Waals surface area contributed by atoms with Crippen LogP contribution in [0.5, 0.6) is 11.5 Å². The number of carboxylic acid groups (broad SMARTS) is 1. The summed E-state index contributed by atoms with van der Waals surface area (Å²) < 4.78 is 5.88. The molecule has 1 aliphatic heterocycles. The second-order valence-corrected chi connectivity index (χ2v) is 9.96. The molecule has 2 heterocycles. The number of anilines is 1. The van der Waals surface area contributed by atoms with Gasteiger partial charge in [-0.15, -0.1) is 0 Å². The van der Waals surface area contributed by atoms with Crippen molar-refractivity contribution in [2.24, 2.45) is 0 Å². The molecule has 0 saturated heterocycles.